The van der Waals surface area contributed by atoms with E-state index in [1.807, 2.05) is 32.0 Å². The molecule has 1 heterocycles. The molecule has 0 unspecified atom stereocenters. The molecule has 0 aliphatic heterocycles. The summed E-state index contributed by atoms with van der Waals surface area (Å²) in [6.45, 7) is 7.41. The molecule has 1 aromatic heterocycles. The maximum atomic E-state index is 12.7. The molecular formula is C23H25N5O3S. The maximum Gasteiger partial charge on any atom is 0.278 e. The first-order valence-electron chi connectivity index (χ1n) is 10.2. The van der Waals surface area contributed by atoms with Crippen LogP contribution in [0.1, 0.15) is 31.4 Å². The molecule has 0 saturated heterocycles. The highest BCUT2D eigenvalue weighted by Gasteiger charge is 2.19. The van der Waals surface area contributed by atoms with Crippen molar-refractivity contribution in [2.24, 2.45) is 0 Å². The second kappa shape index (κ2) is 10.2. The molecule has 0 spiro atoms. The summed E-state index contributed by atoms with van der Waals surface area (Å²) in [5.41, 5.74) is 3.44. The number of aromatic nitrogens is 3. The number of thioether (sulfide) groups is 1. The number of anilines is 2. The Bertz CT molecular complexity index is 1210. The number of benzene rings is 2. The van der Waals surface area contributed by atoms with Gasteiger partial charge in [-0.2, -0.15) is 0 Å². The molecule has 0 fully saturated rings. The number of carbonyl (C=O) groups excluding carboxylic acids is 2. The summed E-state index contributed by atoms with van der Waals surface area (Å²) in [5, 5.41) is 13.5. The van der Waals surface area contributed by atoms with Gasteiger partial charge in [0.05, 0.1) is 10.9 Å². The molecule has 1 atom stereocenters. The smallest absolute Gasteiger partial charge is 0.278 e. The zero-order chi connectivity index (χ0) is 23.3. The minimum absolute atomic E-state index is 0.0915. The van der Waals surface area contributed by atoms with E-state index >= 15 is 0 Å². The summed E-state index contributed by atoms with van der Waals surface area (Å²) < 4.78 is 0. The Kier molecular flexibility index (Phi) is 7.42. The van der Waals surface area contributed by atoms with Crippen LogP contribution in [0.2, 0.25) is 0 Å². The van der Waals surface area contributed by atoms with Crippen LogP contribution in [0.5, 0.6) is 0 Å². The largest absolute Gasteiger partial charge is 0.325 e. The predicted molar refractivity (Wildman–Crippen MR) is 127 cm³/mol. The van der Waals surface area contributed by atoms with Gasteiger partial charge in [-0.25, -0.2) is 0 Å². The monoisotopic (exact) mass is 451 g/mol. The van der Waals surface area contributed by atoms with Crippen molar-refractivity contribution < 1.29 is 9.59 Å². The number of hydrogen-bond acceptors (Lipinski definition) is 6. The molecule has 0 radical (unpaired) electrons. The van der Waals surface area contributed by atoms with Crippen molar-refractivity contribution in [3.63, 3.8) is 0 Å². The Morgan fingerprint density at radius 1 is 1.03 bits per heavy atom. The van der Waals surface area contributed by atoms with E-state index in [0.717, 1.165) is 28.6 Å². The number of H-pyrrole nitrogens is 1. The fourth-order valence-electron chi connectivity index (χ4n) is 2.93. The Morgan fingerprint density at radius 3 is 2.47 bits per heavy atom. The van der Waals surface area contributed by atoms with E-state index in [9.17, 15) is 14.4 Å². The lowest BCUT2D eigenvalue weighted by Gasteiger charge is -2.14. The predicted octanol–water partition coefficient (Wildman–Crippen LogP) is 3.92. The van der Waals surface area contributed by atoms with Crippen LogP contribution >= 0.6 is 11.8 Å². The Morgan fingerprint density at radius 2 is 1.75 bits per heavy atom. The third-order valence-electron chi connectivity index (χ3n) is 4.97. The molecule has 3 rings (SSSR count). The molecule has 3 N–H and O–H groups in total. The van der Waals surface area contributed by atoms with Crippen molar-refractivity contribution >= 4 is 35.0 Å². The summed E-state index contributed by atoms with van der Waals surface area (Å²) in [6.07, 6.45) is 0.313. The lowest BCUT2D eigenvalue weighted by molar-refractivity contribution is -0.116. The summed E-state index contributed by atoms with van der Waals surface area (Å²) in [6, 6.07) is 12.6. The van der Waals surface area contributed by atoms with Gasteiger partial charge in [-0.3, -0.25) is 19.4 Å². The van der Waals surface area contributed by atoms with E-state index in [4.69, 9.17) is 0 Å². The standard InChI is InChI=1S/C23H25N5O3S/c1-5-19(29)24-18-11-7-6-10-16(18)20-22(31)26-23(28-27-20)32-15(4)21(30)25-17-12-8-9-13(2)14(17)3/h6-12,15H,5H2,1-4H3,(H,24,29)(H,25,30)(H,26,28,31)/t15-/m0/s1. The van der Waals surface area contributed by atoms with Crippen LogP contribution in [0.15, 0.2) is 52.4 Å². The molecule has 8 nitrogen and oxygen atoms in total. The van der Waals surface area contributed by atoms with E-state index in [0.29, 0.717) is 17.7 Å². The molecule has 3 aromatic rings. The molecule has 2 aromatic carbocycles. The van der Waals surface area contributed by atoms with E-state index in [2.05, 4.69) is 25.8 Å². The van der Waals surface area contributed by atoms with Crippen molar-refractivity contribution in [3.05, 3.63) is 63.9 Å². The van der Waals surface area contributed by atoms with Crippen LogP contribution in [0.25, 0.3) is 11.3 Å². The molecule has 9 heteroatoms. The molecule has 32 heavy (non-hydrogen) atoms. The number of amides is 2. The fraction of sp³-hybridized carbons (Fsp3) is 0.261. The van der Waals surface area contributed by atoms with Gasteiger partial charge in [-0.1, -0.05) is 49.0 Å². The van der Waals surface area contributed by atoms with Crippen molar-refractivity contribution in [3.8, 4) is 11.3 Å². The van der Waals surface area contributed by atoms with Gasteiger partial charge in [-0.05, 0) is 44.0 Å². The molecule has 0 aliphatic rings. The second-order valence-corrected chi connectivity index (χ2v) is 8.58. The van der Waals surface area contributed by atoms with Gasteiger partial charge in [-0.15, -0.1) is 10.2 Å². The zero-order valence-corrected chi connectivity index (χ0v) is 19.2. The molecule has 0 bridgehead atoms. The van der Waals surface area contributed by atoms with Crippen molar-refractivity contribution in [2.75, 3.05) is 10.6 Å². The van der Waals surface area contributed by atoms with Crippen LogP contribution < -0.4 is 16.2 Å². The quantitative estimate of drug-likeness (QED) is 0.469. The summed E-state index contributed by atoms with van der Waals surface area (Å²) in [7, 11) is 0. The molecule has 0 aliphatic carbocycles. The van der Waals surface area contributed by atoms with Crippen molar-refractivity contribution in [2.45, 2.75) is 44.5 Å². The average Bonchev–Trinajstić information content (AvgIpc) is 2.77. The number of aryl methyl sites for hydroxylation is 1. The molecule has 2 amide bonds. The van der Waals surface area contributed by atoms with E-state index in [1.165, 1.54) is 0 Å². The van der Waals surface area contributed by atoms with Crippen LogP contribution in [0, 0.1) is 13.8 Å². The Hall–Kier alpha value is -3.46. The number of para-hydroxylation sites is 1. The van der Waals surface area contributed by atoms with Crippen LogP contribution in [0.3, 0.4) is 0 Å². The van der Waals surface area contributed by atoms with Gasteiger partial charge in [0.1, 0.15) is 0 Å². The molecule has 0 saturated carbocycles. The van der Waals surface area contributed by atoms with Gasteiger partial charge in [0, 0.05) is 17.7 Å². The lowest BCUT2D eigenvalue weighted by atomic mass is 10.1. The van der Waals surface area contributed by atoms with E-state index < -0.39 is 10.8 Å². The number of nitrogens with zero attached hydrogens (tertiary/aromatic N) is 2. The average molecular weight is 452 g/mol. The van der Waals surface area contributed by atoms with Gasteiger partial charge in [0.2, 0.25) is 11.8 Å². The van der Waals surface area contributed by atoms with E-state index in [-0.39, 0.29) is 22.7 Å². The second-order valence-electron chi connectivity index (χ2n) is 7.25. The third kappa shape index (κ3) is 5.42. The lowest BCUT2D eigenvalue weighted by Crippen LogP contribution is -2.24. The topological polar surface area (TPSA) is 117 Å². The Labute approximate surface area is 190 Å². The number of rotatable bonds is 7. The first-order valence-corrected chi connectivity index (χ1v) is 11.1. The fourth-order valence-corrected chi connectivity index (χ4v) is 3.67. The highest BCUT2D eigenvalue weighted by molar-refractivity contribution is 8.00. The number of carbonyl (C=O) groups is 2. The molecule has 166 valence electrons. The first-order chi connectivity index (χ1) is 15.3. The summed E-state index contributed by atoms with van der Waals surface area (Å²) in [4.78, 5) is 39.8. The summed E-state index contributed by atoms with van der Waals surface area (Å²) in [5.74, 6) is -0.374. The first kappa shape index (κ1) is 23.2. The maximum absolute atomic E-state index is 12.7. The number of aromatic amines is 1. The van der Waals surface area contributed by atoms with Crippen molar-refractivity contribution in [1.82, 2.24) is 15.2 Å². The highest BCUT2D eigenvalue weighted by atomic mass is 32.2. The van der Waals surface area contributed by atoms with Gasteiger partial charge in [0.15, 0.2) is 10.9 Å². The SMILES string of the molecule is CCC(=O)Nc1ccccc1-c1nnc(S[C@@H](C)C(=O)Nc2cccc(C)c2C)[nH]c1=O. The zero-order valence-electron chi connectivity index (χ0n) is 18.4. The number of hydrogen-bond donors (Lipinski definition) is 3. The summed E-state index contributed by atoms with van der Waals surface area (Å²) >= 11 is 1.11. The van der Waals surface area contributed by atoms with Crippen LogP contribution in [-0.2, 0) is 9.59 Å². The number of nitrogens with one attached hydrogen (secondary N) is 3. The normalized spacial score (nSPS) is 11.6. The van der Waals surface area contributed by atoms with Crippen LogP contribution in [-0.4, -0.2) is 32.2 Å². The van der Waals surface area contributed by atoms with Gasteiger partial charge < -0.3 is 10.6 Å². The third-order valence-corrected chi connectivity index (χ3v) is 5.95. The Balaban J connectivity index is 1.76. The minimum Gasteiger partial charge on any atom is -0.325 e. The highest BCUT2D eigenvalue weighted by Crippen LogP contribution is 2.25. The van der Waals surface area contributed by atoms with Crippen molar-refractivity contribution in [1.29, 1.82) is 0 Å². The molecular weight excluding hydrogens is 426 g/mol. The minimum atomic E-state index is -0.512. The van der Waals surface area contributed by atoms with Crippen LogP contribution in [0.4, 0.5) is 11.4 Å². The van der Waals surface area contributed by atoms with Gasteiger partial charge >= 0.3 is 0 Å². The van der Waals surface area contributed by atoms with E-state index in [1.54, 1.807) is 38.1 Å². The van der Waals surface area contributed by atoms with Gasteiger partial charge in [0.25, 0.3) is 5.56 Å².